The molecule has 120 valence electrons. The van der Waals surface area contributed by atoms with Crippen LogP contribution in [0.15, 0.2) is 0 Å². The van der Waals surface area contributed by atoms with Gasteiger partial charge in [0.05, 0.1) is 0 Å². The molecule has 2 atom stereocenters. The summed E-state index contributed by atoms with van der Waals surface area (Å²) in [6.45, 7) is 0. The molecule has 0 spiro atoms. The van der Waals surface area contributed by atoms with Gasteiger partial charge in [0, 0.05) is 5.88 Å². The number of unbranched alkanes of at least 4 members (excludes halogenated alkanes) is 4. The van der Waals surface area contributed by atoms with Crippen LogP contribution in [-0.2, 0) is 0 Å². The maximum absolute atomic E-state index is 6.63. The lowest BCUT2D eigenvalue weighted by Crippen LogP contribution is -2.09. The van der Waals surface area contributed by atoms with E-state index in [0.29, 0.717) is 0 Å². The third-order valence-corrected chi connectivity index (χ3v) is 9.25. The Morgan fingerprint density at radius 1 is 0.850 bits per heavy atom. The quantitative estimate of drug-likeness (QED) is 0.197. The van der Waals surface area contributed by atoms with Gasteiger partial charge in [0.2, 0.25) is 0 Å². The zero-order valence-electron chi connectivity index (χ0n) is 12.9. The smallest absolute Gasteiger partial charge is 0.0223 e. The van der Waals surface area contributed by atoms with Crippen molar-refractivity contribution in [1.82, 2.24) is 0 Å². The summed E-state index contributed by atoms with van der Waals surface area (Å²) in [7, 11) is 1.01. The van der Waals surface area contributed by atoms with Crippen LogP contribution in [0.3, 0.4) is 0 Å². The van der Waals surface area contributed by atoms with Crippen molar-refractivity contribution in [3.63, 3.8) is 0 Å². The fraction of sp³-hybridized carbons (Fsp3) is 1.00. The molecule has 1 fully saturated rings. The minimum atomic E-state index is -0.170. The van der Waals surface area contributed by atoms with Gasteiger partial charge in [-0.1, -0.05) is 43.3 Å². The van der Waals surface area contributed by atoms with Gasteiger partial charge < -0.3 is 0 Å². The molecule has 0 aliphatic heterocycles. The summed E-state index contributed by atoms with van der Waals surface area (Å²) in [6, 6.07) is 0. The standard InChI is InChI=1S/C16H32Cl2P2/c17-12-6-1-2-7-13-19-14-8-9-15-20(18)16-10-4-3-5-11-16/h16,19H,1-15H2. The SMILES string of the molecule is ClCCCCCCPCCCCP(Cl)C1CCCCC1. The summed E-state index contributed by atoms with van der Waals surface area (Å²) in [4.78, 5) is 0. The van der Waals surface area contributed by atoms with E-state index < -0.39 is 0 Å². The molecule has 0 nitrogen and oxygen atoms in total. The van der Waals surface area contributed by atoms with Crippen LogP contribution in [0.2, 0.25) is 0 Å². The maximum atomic E-state index is 6.63. The van der Waals surface area contributed by atoms with Crippen LogP contribution in [0, 0.1) is 0 Å². The summed E-state index contributed by atoms with van der Waals surface area (Å²) in [5, 5.41) is 0. The summed E-state index contributed by atoms with van der Waals surface area (Å²) in [6.07, 6.45) is 19.5. The molecule has 1 aliphatic rings. The number of alkyl halides is 1. The molecular weight excluding hydrogens is 325 g/mol. The second-order valence-corrected chi connectivity index (χ2v) is 11.1. The molecule has 0 aromatic rings. The third-order valence-electron chi connectivity index (χ3n) is 4.18. The van der Waals surface area contributed by atoms with E-state index in [-0.39, 0.29) is 7.27 Å². The molecule has 0 radical (unpaired) electrons. The second kappa shape index (κ2) is 14.1. The highest BCUT2D eigenvalue weighted by atomic mass is 35.7. The highest BCUT2D eigenvalue weighted by Crippen LogP contribution is 2.52. The molecule has 2 unspecified atom stereocenters. The Morgan fingerprint density at radius 2 is 1.50 bits per heavy atom. The van der Waals surface area contributed by atoms with E-state index in [1.165, 1.54) is 97.7 Å². The molecule has 1 aliphatic carbocycles. The first-order valence-corrected chi connectivity index (χ1v) is 13.0. The zero-order valence-corrected chi connectivity index (χ0v) is 16.3. The Bertz CT molecular complexity index is 209. The van der Waals surface area contributed by atoms with E-state index >= 15 is 0 Å². The lowest BCUT2D eigenvalue weighted by Gasteiger charge is -2.26. The minimum absolute atomic E-state index is 0.170. The number of rotatable bonds is 12. The van der Waals surface area contributed by atoms with Crippen LogP contribution in [0.4, 0.5) is 0 Å². The highest BCUT2D eigenvalue weighted by Gasteiger charge is 2.20. The van der Waals surface area contributed by atoms with Crippen LogP contribution >= 0.6 is 38.7 Å². The first kappa shape index (κ1) is 19.5. The van der Waals surface area contributed by atoms with Crippen LogP contribution < -0.4 is 0 Å². The van der Waals surface area contributed by atoms with Crippen molar-refractivity contribution in [3.8, 4) is 0 Å². The van der Waals surface area contributed by atoms with E-state index in [9.17, 15) is 0 Å². The maximum Gasteiger partial charge on any atom is 0.0223 e. The molecular formula is C16H32Cl2P2. The first-order valence-electron chi connectivity index (χ1n) is 8.53. The molecule has 0 bridgehead atoms. The molecule has 0 heterocycles. The van der Waals surface area contributed by atoms with Gasteiger partial charge in [-0.15, -0.1) is 20.2 Å². The molecule has 0 aromatic heterocycles. The topological polar surface area (TPSA) is 0 Å². The van der Waals surface area contributed by atoms with Crippen LogP contribution in [0.1, 0.15) is 70.6 Å². The van der Waals surface area contributed by atoms with Crippen molar-refractivity contribution in [2.75, 3.05) is 24.4 Å². The fourth-order valence-corrected chi connectivity index (χ4v) is 7.08. The predicted molar refractivity (Wildman–Crippen MR) is 101 cm³/mol. The van der Waals surface area contributed by atoms with Gasteiger partial charge in [0.15, 0.2) is 0 Å². The van der Waals surface area contributed by atoms with E-state index in [1.54, 1.807) is 0 Å². The van der Waals surface area contributed by atoms with Crippen LogP contribution in [0.5, 0.6) is 0 Å². The van der Waals surface area contributed by atoms with E-state index in [0.717, 1.165) is 11.5 Å². The van der Waals surface area contributed by atoms with Crippen LogP contribution in [0.25, 0.3) is 0 Å². The summed E-state index contributed by atoms with van der Waals surface area (Å²) < 4.78 is 0. The molecule has 20 heavy (non-hydrogen) atoms. The molecule has 1 saturated carbocycles. The van der Waals surface area contributed by atoms with Crippen molar-refractivity contribution in [2.45, 2.75) is 76.3 Å². The normalized spacial score (nSPS) is 18.9. The van der Waals surface area contributed by atoms with E-state index in [4.69, 9.17) is 22.8 Å². The molecule has 0 saturated heterocycles. The van der Waals surface area contributed by atoms with Crippen molar-refractivity contribution >= 4 is 38.7 Å². The lowest BCUT2D eigenvalue weighted by atomic mass is 10.0. The Morgan fingerprint density at radius 3 is 2.20 bits per heavy atom. The van der Waals surface area contributed by atoms with Gasteiger partial charge in [-0.2, -0.15) is 0 Å². The van der Waals surface area contributed by atoms with Crippen LogP contribution in [-0.4, -0.2) is 30.0 Å². The molecule has 4 heteroatoms. The van der Waals surface area contributed by atoms with Gasteiger partial charge in [0.25, 0.3) is 0 Å². The Kier molecular flexibility index (Phi) is 13.7. The molecule has 0 N–H and O–H groups in total. The predicted octanol–water partition coefficient (Wildman–Crippen LogP) is 7.21. The van der Waals surface area contributed by atoms with Gasteiger partial charge in [-0.25, -0.2) is 0 Å². The fourth-order valence-electron chi connectivity index (χ4n) is 2.88. The Balaban J connectivity index is 1.82. The minimum Gasteiger partial charge on any atom is -0.127 e. The third kappa shape index (κ3) is 10.2. The van der Waals surface area contributed by atoms with E-state index in [2.05, 4.69) is 0 Å². The monoisotopic (exact) mass is 356 g/mol. The average molecular weight is 357 g/mol. The number of hydrogen-bond acceptors (Lipinski definition) is 0. The van der Waals surface area contributed by atoms with Gasteiger partial charge >= 0.3 is 0 Å². The second-order valence-electron chi connectivity index (χ2n) is 5.98. The lowest BCUT2D eigenvalue weighted by molar-refractivity contribution is 0.512. The Labute approximate surface area is 139 Å². The van der Waals surface area contributed by atoms with E-state index in [1.807, 2.05) is 0 Å². The zero-order chi connectivity index (χ0) is 14.5. The molecule has 1 rings (SSSR count). The largest absolute Gasteiger partial charge is 0.127 e. The highest BCUT2D eigenvalue weighted by molar-refractivity contribution is 7.84. The first-order chi connectivity index (χ1) is 9.84. The molecule has 0 aromatic carbocycles. The van der Waals surface area contributed by atoms with Crippen molar-refractivity contribution in [2.24, 2.45) is 0 Å². The summed E-state index contributed by atoms with van der Waals surface area (Å²) in [5.41, 5.74) is 0.893. The molecule has 0 amide bonds. The summed E-state index contributed by atoms with van der Waals surface area (Å²) >= 11 is 12.3. The average Bonchev–Trinajstić information content (AvgIpc) is 2.50. The van der Waals surface area contributed by atoms with Gasteiger partial charge in [-0.3, -0.25) is 0 Å². The van der Waals surface area contributed by atoms with Gasteiger partial charge in [0.1, 0.15) is 0 Å². The van der Waals surface area contributed by atoms with Crippen molar-refractivity contribution < 1.29 is 0 Å². The van der Waals surface area contributed by atoms with Gasteiger partial charge in [-0.05, 0) is 69.9 Å². The number of halogens is 2. The van der Waals surface area contributed by atoms with Crippen molar-refractivity contribution in [1.29, 1.82) is 0 Å². The Hall–Kier alpha value is 1.44. The van der Waals surface area contributed by atoms with Crippen molar-refractivity contribution in [3.05, 3.63) is 0 Å². The summed E-state index contributed by atoms with van der Waals surface area (Å²) in [5.74, 6) is 0.838. The number of hydrogen-bond donors (Lipinski definition) is 0.